The summed E-state index contributed by atoms with van der Waals surface area (Å²) in [5.41, 5.74) is 1.54. The Balaban J connectivity index is 1.48. The monoisotopic (exact) mass is 435 g/mol. The van der Waals surface area contributed by atoms with Crippen molar-refractivity contribution < 1.29 is 23.8 Å². The highest BCUT2D eigenvalue weighted by atomic mass is 35.5. The van der Waals surface area contributed by atoms with E-state index in [0.717, 1.165) is 5.56 Å². The highest BCUT2D eigenvalue weighted by Gasteiger charge is 2.16. The van der Waals surface area contributed by atoms with Crippen LogP contribution in [0.2, 0.25) is 10.0 Å². The normalized spacial score (nSPS) is 13.8. The number of benzene rings is 2. The Labute approximate surface area is 178 Å². The van der Waals surface area contributed by atoms with Gasteiger partial charge in [-0.2, -0.15) is 0 Å². The maximum absolute atomic E-state index is 12.1. The molecule has 0 aromatic heterocycles. The number of rotatable bonds is 6. The lowest BCUT2D eigenvalue weighted by atomic mass is 10.1. The van der Waals surface area contributed by atoms with Crippen molar-refractivity contribution in [2.24, 2.45) is 0 Å². The molecular formula is C21H19Cl2NO5. The molecular weight excluding hydrogens is 417 g/mol. The van der Waals surface area contributed by atoms with Gasteiger partial charge in [-0.15, -0.1) is 0 Å². The van der Waals surface area contributed by atoms with Crippen molar-refractivity contribution in [1.29, 1.82) is 0 Å². The van der Waals surface area contributed by atoms with Crippen LogP contribution >= 0.6 is 23.2 Å². The summed E-state index contributed by atoms with van der Waals surface area (Å²) in [6.45, 7) is 2.45. The molecule has 0 aliphatic carbocycles. The number of carbonyl (C=O) groups excluding carboxylic acids is 2. The van der Waals surface area contributed by atoms with E-state index in [2.05, 4.69) is 5.32 Å². The molecule has 152 valence electrons. The van der Waals surface area contributed by atoms with E-state index in [1.54, 1.807) is 24.3 Å². The number of esters is 1. The van der Waals surface area contributed by atoms with E-state index in [9.17, 15) is 9.59 Å². The third kappa shape index (κ3) is 5.89. The van der Waals surface area contributed by atoms with E-state index in [4.69, 9.17) is 37.4 Å². The summed E-state index contributed by atoms with van der Waals surface area (Å²) in [5.74, 6) is 0.275. The second-order valence-electron chi connectivity index (χ2n) is 6.31. The first kappa shape index (κ1) is 21.0. The number of fused-ring (bicyclic) bond motifs is 1. The van der Waals surface area contributed by atoms with Crippen LogP contribution in [-0.2, 0) is 14.3 Å². The van der Waals surface area contributed by atoms with Gasteiger partial charge in [0.05, 0.1) is 16.1 Å². The van der Waals surface area contributed by atoms with Crippen LogP contribution in [0.3, 0.4) is 0 Å². The zero-order valence-electron chi connectivity index (χ0n) is 15.6. The van der Waals surface area contributed by atoms with Gasteiger partial charge < -0.3 is 19.5 Å². The average Bonchev–Trinajstić information content (AvgIpc) is 2.72. The molecule has 1 N–H and O–H groups in total. The Morgan fingerprint density at radius 1 is 1.10 bits per heavy atom. The Morgan fingerprint density at radius 2 is 1.86 bits per heavy atom. The molecule has 1 heterocycles. The molecule has 0 bridgehead atoms. The molecule has 1 aliphatic heterocycles. The van der Waals surface area contributed by atoms with E-state index in [0.29, 0.717) is 40.3 Å². The zero-order valence-corrected chi connectivity index (χ0v) is 17.1. The molecule has 2 aromatic rings. The number of ether oxygens (including phenoxy) is 3. The van der Waals surface area contributed by atoms with Gasteiger partial charge in [-0.3, -0.25) is 4.79 Å². The predicted molar refractivity (Wildman–Crippen MR) is 110 cm³/mol. The van der Waals surface area contributed by atoms with Gasteiger partial charge in [-0.05, 0) is 48.4 Å². The van der Waals surface area contributed by atoms with Crippen molar-refractivity contribution in [2.75, 3.05) is 19.8 Å². The van der Waals surface area contributed by atoms with Gasteiger partial charge >= 0.3 is 5.97 Å². The van der Waals surface area contributed by atoms with Gasteiger partial charge in [0, 0.05) is 6.08 Å². The first-order valence-electron chi connectivity index (χ1n) is 8.91. The summed E-state index contributed by atoms with van der Waals surface area (Å²) in [6, 6.07) is 10.1. The summed E-state index contributed by atoms with van der Waals surface area (Å²) in [7, 11) is 0. The molecule has 1 unspecified atom stereocenters. The molecule has 2 aromatic carbocycles. The number of carbonyl (C=O) groups is 2. The van der Waals surface area contributed by atoms with Crippen LogP contribution in [-0.4, -0.2) is 31.7 Å². The maximum atomic E-state index is 12.1. The lowest BCUT2D eigenvalue weighted by molar-refractivity contribution is -0.144. The fourth-order valence-corrected chi connectivity index (χ4v) is 2.97. The molecule has 0 saturated heterocycles. The fourth-order valence-electron chi connectivity index (χ4n) is 2.66. The standard InChI is InChI=1S/C21H19Cl2NO5/c1-13(15-4-6-18-19(11-15)28-9-8-27-18)24-20(25)12-29-21(26)7-3-14-2-5-16(22)17(23)10-14/h2-7,10-11,13H,8-9,12H2,1H3,(H,24,25)/b7-3+. The summed E-state index contributed by atoms with van der Waals surface area (Å²) in [4.78, 5) is 23.9. The largest absolute Gasteiger partial charge is 0.486 e. The Hall–Kier alpha value is -2.70. The van der Waals surface area contributed by atoms with Crippen LogP contribution < -0.4 is 14.8 Å². The highest BCUT2D eigenvalue weighted by molar-refractivity contribution is 6.42. The zero-order chi connectivity index (χ0) is 20.8. The van der Waals surface area contributed by atoms with E-state index < -0.39 is 11.9 Å². The van der Waals surface area contributed by atoms with Crippen LogP contribution in [0.15, 0.2) is 42.5 Å². The van der Waals surface area contributed by atoms with Gasteiger partial charge in [0.15, 0.2) is 18.1 Å². The van der Waals surface area contributed by atoms with Crippen LogP contribution in [0.5, 0.6) is 11.5 Å². The second kappa shape index (κ2) is 9.67. The smallest absolute Gasteiger partial charge is 0.331 e. The molecule has 29 heavy (non-hydrogen) atoms. The molecule has 1 aliphatic rings. The van der Waals surface area contributed by atoms with Crippen molar-refractivity contribution in [1.82, 2.24) is 5.32 Å². The number of hydrogen-bond acceptors (Lipinski definition) is 5. The van der Waals surface area contributed by atoms with Crippen molar-refractivity contribution in [3.63, 3.8) is 0 Å². The minimum Gasteiger partial charge on any atom is -0.486 e. The van der Waals surface area contributed by atoms with Crippen molar-refractivity contribution in [3.8, 4) is 11.5 Å². The summed E-state index contributed by atoms with van der Waals surface area (Å²) in [6.07, 6.45) is 2.75. The van der Waals surface area contributed by atoms with E-state index in [-0.39, 0.29) is 12.6 Å². The third-order valence-electron chi connectivity index (χ3n) is 4.14. The Morgan fingerprint density at radius 3 is 2.62 bits per heavy atom. The molecule has 6 nitrogen and oxygen atoms in total. The first-order valence-corrected chi connectivity index (χ1v) is 9.67. The van der Waals surface area contributed by atoms with Crippen LogP contribution in [0.1, 0.15) is 24.1 Å². The van der Waals surface area contributed by atoms with Crippen molar-refractivity contribution in [3.05, 3.63) is 63.6 Å². The molecule has 1 amide bonds. The molecule has 1 atom stereocenters. The van der Waals surface area contributed by atoms with Crippen molar-refractivity contribution >= 4 is 41.2 Å². The SMILES string of the molecule is CC(NC(=O)COC(=O)/C=C/c1ccc(Cl)c(Cl)c1)c1ccc2c(c1)OCCO2. The quantitative estimate of drug-likeness (QED) is 0.543. The fraction of sp³-hybridized carbons (Fsp3) is 0.238. The average molecular weight is 436 g/mol. The summed E-state index contributed by atoms with van der Waals surface area (Å²) < 4.78 is 16.0. The van der Waals surface area contributed by atoms with Gasteiger partial charge in [-0.1, -0.05) is 35.3 Å². The van der Waals surface area contributed by atoms with Gasteiger partial charge in [-0.25, -0.2) is 4.79 Å². The maximum Gasteiger partial charge on any atom is 0.331 e. The van der Waals surface area contributed by atoms with E-state index in [1.165, 1.54) is 12.2 Å². The molecule has 0 spiro atoms. The minimum absolute atomic E-state index is 0.288. The molecule has 0 fully saturated rings. The Bertz CT molecular complexity index is 945. The molecule has 8 heteroatoms. The van der Waals surface area contributed by atoms with Crippen molar-refractivity contribution in [2.45, 2.75) is 13.0 Å². The van der Waals surface area contributed by atoms with Crippen LogP contribution in [0.4, 0.5) is 0 Å². The third-order valence-corrected chi connectivity index (χ3v) is 4.88. The topological polar surface area (TPSA) is 73.9 Å². The molecule has 3 rings (SSSR count). The first-order chi connectivity index (χ1) is 13.9. The second-order valence-corrected chi connectivity index (χ2v) is 7.12. The number of amides is 1. The summed E-state index contributed by atoms with van der Waals surface area (Å²) in [5, 5.41) is 3.59. The molecule has 0 saturated carbocycles. The molecule has 0 radical (unpaired) electrons. The minimum atomic E-state index is -0.641. The van der Waals surface area contributed by atoms with Gasteiger partial charge in [0.1, 0.15) is 13.2 Å². The Kier molecular flexibility index (Phi) is 7.01. The van der Waals surface area contributed by atoms with Gasteiger partial charge in [0.25, 0.3) is 5.91 Å². The van der Waals surface area contributed by atoms with E-state index >= 15 is 0 Å². The van der Waals surface area contributed by atoms with E-state index in [1.807, 2.05) is 19.1 Å². The van der Waals surface area contributed by atoms with Gasteiger partial charge in [0.2, 0.25) is 0 Å². The predicted octanol–water partition coefficient (Wildman–Crippen LogP) is 4.20. The number of halogens is 2. The lowest BCUT2D eigenvalue weighted by Gasteiger charge is -2.21. The lowest BCUT2D eigenvalue weighted by Crippen LogP contribution is -2.31. The number of hydrogen-bond donors (Lipinski definition) is 1. The van der Waals surface area contributed by atoms with Crippen LogP contribution in [0.25, 0.3) is 6.08 Å². The van der Waals surface area contributed by atoms with Crippen LogP contribution in [0, 0.1) is 0 Å². The summed E-state index contributed by atoms with van der Waals surface area (Å²) >= 11 is 11.8. The number of nitrogens with one attached hydrogen (secondary N) is 1. The highest BCUT2D eigenvalue weighted by Crippen LogP contribution is 2.32.